The molecule has 5 N–H and O–H groups in total. The Labute approximate surface area is 178 Å². The molecule has 1 unspecified atom stereocenters. The summed E-state index contributed by atoms with van der Waals surface area (Å²) in [4.78, 5) is 55.5. The number of rotatable bonds is 8. The minimum Gasteiger partial charge on any atom is -0.387 e. The monoisotopic (exact) mass is 495 g/mol. The van der Waals surface area contributed by atoms with Crippen LogP contribution in [0.3, 0.4) is 0 Å². The molecular formula is C15H19N3O12P2. The third-order valence-corrected chi connectivity index (χ3v) is 6.52. The molecule has 176 valence electrons. The maximum atomic E-state index is 12.8. The van der Waals surface area contributed by atoms with E-state index in [0.29, 0.717) is 5.69 Å². The highest BCUT2D eigenvalue weighted by Gasteiger charge is 2.46. The van der Waals surface area contributed by atoms with Gasteiger partial charge < -0.3 is 29.6 Å². The lowest BCUT2D eigenvalue weighted by molar-refractivity contribution is -0.0547. The quantitative estimate of drug-likeness (QED) is 0.258. The number of phosphoric ester groups is 1. The third kappa shape index (κ3) is 5.85. The second-order valence-corrected chi connectivity index (χ2v) is 9.46. The number of aliphatic hydroxyl groups is 2. The van der Waals surface area contributed by atoms with E-state index in [0.717, 1.165) is 21.4 Å². The van der Waals surface area contributed by atoms with Crippen LogP contribution >= 0.6 is 15.6 Å². The van der Waals surface area contributed by atoms with E-state index in [9.17, 15) is 33.8 Å². The second-order valence-electron chi connectivity index (χ2n) is 6.63. The Kier molecular flexibility index (Phi) is 7.27. The second kappa shape index (κ2) is 9.45. The molecule has 0 aromatic carbocycles. The van der Waals surface area contributed by atoms with Gasteiger partial charge in [-0.1, -0.05) is 6.07 Å². The molecule has 32 heavy (non-hydrogen) atoms. The number of ether oxygens (including phenoxy) is 1. The van der Waals surface area contributed by atoms with E-state index >= 15 is 0 Å². The summed E-state index contributed by atoms with van der Waals surface area (Å²) >= 11 is 0. The lowest BCUT2D eigenvalue weighted by Crippen LogP contribution is -2.43. The van der Waals surface area contributed by atoms with E-state index in [4.69, 9.17) is 14.5 Å². The molecule has 0 saturated carbocycles. The predicted octanol–water partition coefficient (Wildman–Crippen LogP) is -1.70. The number of aromatic nitrogens is 3. The molecule has 5 atom stereocenters. The molecule has 17 heteroatoms. The van der Waals surface area contributed by atoms with Crippen LogP contribution in [0.2, 0.25) is 0 Å². The number of hydrogen-bond donors (Lipinski definition) is 5. The van der Waals surface area contributed by atoms with E-state index in [1.165, 1.54) is 6.20 Å². The Bertz CT molecular complexity index is 1160. The highest BCUT2D eigenvalue weighted by molar-refractivity contribution is 7.60. The summed E-state index contributed by atoms with van der Waals surface area (Å²) in [6.07, 6.45) is -3.93. The number of nitrogens with zero attached hydrogens (tertiary/aromatic N) is 3. The summed E-state index contributed by atoms with van der Waals surface area (Å²) < 4.78 is 37.3. The number of hydrogen-bond acceptors (Lipinski definition) is 10. The molecule has 1 aliphatic heterocycles. The van der Waals surface area contributed by atoms with Crippen molar-refractivity contribution >= 4 is 15.6 Å². The molecule has 0 radical (unpaired) electrons. The predicted molar refractivity (Wildman–Crippen MR) is 103 cm³/mol. The molecule has 0 amide bonds. The van der Waals surface area contributed by atoms with Crippen LogP contribution in [0.5, 0.6) is 0 Å². The highest BCUT2D eigenvalue weighted by atomic mass is 31.3. The van der Waals surface area contributed by atoms with Crippen molar-refractivity contribution in [1.29, 1.82) is 0 Å². The maximum Gasteiger partial charge on any atom is 0.481 e. The number of phosphoric acid groups is 2. The van der Waals surface area contributed by atoms with E-state index in [2.05, 4.69) is 13.8 Å². The van der Waals surface area contributed by atoms with Gasteiger partial charge in [0.25, 0.3) is 5.56 Å². The van der Waals surface area contributed by atoms with Gasteiger partial charge in [-0.05, 0) is 12.1 Å². The first-order valence-corrected chi connectivity index (χ1v) is 11.9. The van der Waals surface area contributed by atoms with Gasteiger partial charge in [0.05, 0.1) is 18.8 Å². The fraction of sp³-hybridized carbons (Fsp3) is 0.400. The van der Waals surface area contributed by atoms with Crippen molar-refractivity contribution in [3.63, 3.8) is 0 Å². The smallest absolute Gasteiger partial charge is 0.387 e. The molecule has 3 heterocycles. The fourth-order valence-corrected chi connectivity index (χ4v) is 4.55. The summed E-state index contributed by atoms with van der Waals surface area (Å²) in [5.41, 5.74) is -1.13. The minimum atomic E-state index is -5.36. The van der Waals surface area contributed by atoms with Gasteiger partial charge in [-0.25, -0.2) is 13.9 Å². The molecule has 3 rings (SSSR count). The Morgan fingerprint density at radius 3 is 2.44 bits per heavy atom. The van der Waals surface area contributed by atoms with E-state index in [1.54, 1.807) is 18.2 Å². The van der Waals surface area contributed by atoms with Gasteiger partial charge in [0.2, 0.25) is 0 Å². The lowest BCUT2D eigenvalue weighted by Gasteiger charge is -2.19. The average Bonchev–Trinajstić information content (AvgIpc) is 2.97. The first-order valence-electron chi connectivity index (χ1n) is 8.86. The Balaban J connectivity index is 1.79. The molecule has 1 aliphatic rings. The zero-order valence-electron chi connectivity index (χ0n) is 16.0. The molecule has 15 nitrogen and oxygen atoms in total. The van der Waals surface area contributed by atoms with Crippen molar-refractivity contribution < 1.29 is 47.6 Å². The summed E-state index contributed by atoms with van der Waals surface area (Å²) in [6.45, 7) is -1.10. The summed E-state index contributed by atoms with van der Waals surface area (Å²) in [5.74, 6) is 0. The molecule has 2 aromatic heterocycles. The van der Waals surface area contributed by atoms with Crippen molar-refractivity contribution in [1.82, 2.24) is 14.1 Å². The SMILES string of the molecule is O=c1ccn([C@@H]2O[C@H](COP(=O)(O)OP(=O)(O)O)[C@H](O)[C@@H]2O)c(=O)n1Cc1ccccn1. The average molecular weight is 495 g/mol. The zero-order valence-corrected chi connectivity index (χ0v) is 17.8. The molecule has 1 fully saturated rings. The van der Waals surface area contributed by atoms with E-state index in [-0.39, 0.29) is 6.54 Å². The molecule has 2 aromatic rings. The first kappa shape index (κ1) is 24.6. The van der Waals surface area contributed by atoms with Gasteiger partial charge >= 0.3 is 21.3 Å². The van der Waals surface area contributed by atoms with Crippen molar-refractivity contribution in [3.8, 4) is 0 Å². The highest BCUT2D eigenvalue weighted by Crippen LogP contribution is 2.57. The van der Waals surface area contributed by atoms with E-state index in [1.807, 2.05) is 0 Å². The molecule has 0 spiro atoms. The van der Waals surface area contributed by atoms with Gasteiger partial charge in [0.1, 0.15) is 18.3 Å². The standard InChI is InChI=1S/C15H19N3O12P2/c19-11-4-6-17(15(22)18(11)7-9-3-1-2-5-16-9)14-13(21)12(20)10(29-14)8-28-32(26,27)30-31(23,24)25/h1-6,10,12-14,20-21H,7-8H2,(H,26,27)(H2,23,24,25)/t10-,12+,13+,14-/m1/s1. The lowest BCUT2D eigenvalue weighted by atomic mass is 10.1. The van der Waals surface area contributed by atoms with Crippen LogP contribution in [0.1, 0.15) is 11.9 Å². The van der Waals surface area contributed by atoms with Crippen LogP contribution in [0.4, 0.5) is 0 Å². The van der Waals surface area contributed by atoms with E-state index < -0.39 is 58.0 Å². The molecule has 0 aliphatic carbocycles. The molecule has 0 bridgehead atoms. The van der Waals surface area contributed by atoms with Crippen molar-refractivity contribution in [2.24, 2.45) is 0 Å². The van der Waals surface area contributed by atoms with Crippen molar-refractivity contribution in [3.05, 3.63) is 63.2 Å². The van der Waals surface area contributed by atoms with Crippen molar-refractivity contribution in [2.45, 2.75) is 31.1 Å². The third-order valence-electron chi connectivity index (χ3n) is 4.36. The molecular weight excluding hydrogens is 476 g/mol. The largest absolute Gasteiger partial charge is 0.481 e. The summed E-state index contributed by atoms with van der Waals surface area (Å²) in [7, 11) is -10.6. The van der Waals surface area contributed by atoms with Gasteiger partial charge in [-0.15, -0.1) is 0 Å². The zero-order chi connectivity index (χ0) is 23.7. The normalized spacial score (nSPS) is 25.5. The van der Waals surface area contributed by atoms with Crippen LogP contribution in [-0.2, 0) is 29.2 Å². The maximum absolute atomic E-state index is 12.8. The summed E-state index contributed by atoms with van der Waals surface area (Å²) in [5, 5.41) is 20.4. The topological polar surface area (TPSA) is 220 Å². The van der Waals surface area contributed by atoms with Crippen LogP contribution in [-0.4, -0.2) is 63.9 Å². The van der Waals surface area contributed by atoms with Gasteiger partial charge in [0.15, 0.2) is 6.23 Å². The Morgan fingerprint density at radius 2 is 1.81 bits per heavy atom. The Hall–Kier alpha value is -2.03. The number of aliphatic hydroxyl groups excluding tert-OH is 2. The van der Waals surface area contributed by atoms with Crippen LogP contribution < -0.4 is 11.2 Å². The van der Waals surface area contributed by atoms with Gasteiger partial charge in [-0.3, -0.25) is 23.4 Å². The summed E-state index contributed by atoms with van der Waals surface area (Å²) in [6, 6.07) is 5.94. The number of pyridine rings is 1. The van der Waals surface area contributed by atoms with Crippen LogP contribution in [0.25, 0.3) is 0 Å². The van der Waals surface area contributed by atoms with Crippen LogP contribution in [0, 0.1) is 0 Å². The molecule has 1 saturated heterocycles. The van der Waals surface area contributed by atoms with Crippen LogP contribution in [0.15, 0.2) is 46.2 Å². The fourth-order valence-electron chi connectivity index (χ4n) is 2.95. The van der Waals surface area contributed by atoms with Gasteiger partial charge in [-0.2, -0.15) is 4.31 Å². The van der Waals surface area contributed by atoms with Gasteiger partial charge in [0, 0.05) is 18.5 Å². The first-order chi connectivity index (χ1) is 14.9. The minimum absolute atomic E-state index is 0.176. The Morgan fingerprint density at radius 1 is 1.09 bits per heavy atom. The van der Waals surface area contributed by atoms with Crippen molar-refractivity contribution in [2.75, 3.05) is 6.61 Å².